The Hall–Kier alpha value is -3.20. The Labute approximate surface area is 248 Å². The van der Waals surface area contributed by atoms with Crippen LogP contribution >= 0.6 is 11.6 Å². The second-order valence-electron chi connectivity index (χ2n) is 10.6. The van der Waals surface area contributed by atoms with Crippen molar-refractivity contribution in [1.29, 1.82) is 0 Å². The van der Waals surface area contributed by atoms with Crippen LogP contribution in [-0.2, 0) is 32.6 Å². The molecule has 1 fully saturated rings. The maximum atomic E-state index is 13.9. The van der Waals surface area contributed by atoms with E-state index in [0.29, 0.717) is 17.9 Å². The molecule has 0 saturated heterocycles. The normalized spacial score (nSPS) is 14.6. The highest BCUT2D eigenvalue weighted by Crippen LogP contribution is 2.23. The molecule has 7 nitrogen and oxygen atoms in total. The molecule has 0 heterocycles. The second-order valence-corrected chi connectivity index (χ2v) is 13.0. The van der Waals surface area contributed by atoms with E-state index in [1.165, 1.54) is 11.4 Å². The van der Waals surface area contributed by atoms with Gasteiger partial charge in [0.15, 0.2) is 0 Å². The molecule has 4 rings (SSSR count). The van der Waals surface area contributed by atoms with Gasteiger partial charge in [-0.15, -0.1) is 0 Å². The smallest absolute Gasteiger partial charge is 0.243 e. The zero-order chi connectivity index (χ0) is 29.2. The van der Waals surface area contributed by atoms with E-state index in [0.717, 1.165) is 36.8 Å². The highest BCUT2D eigenvalue weighted by Gasteiger charge is 2.32. The first-order valence-electron chi connectivity index (χ1n) is 14.1. The number of carbonyl (C=O) groups excluding carboxylic acids is 2. The minimum absolute atomic E-state index is 0.0844. The lowest BCUT2D eigenvalue weighted by Crippen LogP contribution is -2.52. The third-order valence-electron chi connectivity index (χ3n) is 7.59. The minimum atomic E-state index is -3.67. The quantitative estimate of drug-likeness (QED) is 0.285. The average molecular weight is 596 g/mol. The molecule has 9 heteroatoms. The van der Waals surface area contributed by atoms with Gasteiger partial charge in [0.2, 0.25) is 21.8 Å². The molecule has 1 saturated carbocycles. The van der Waals surface area contributed by atoms with Gasteiger partial charge < -0.3 is 10.2 Å². The monoisotopic (exact) mass is 595 g/mol. The third kappa shape index (κ3) is 8.41. The van der Waals surface area contributed by atoms with E-state index in [9.17, 15) is 18.0 Å². The standard InChI is InChI=1S/C32H38ClN3O4S/c1-35(41(39,40)28-18-6-3-7-19-28)22-12-21-31(37)36(24-26-15-8-11-20-29(26)33)30(23-25-13-4-2-5-14-25)32(38)34-27-16-9-10-17-27/h2-8,11,13-15,18-20,27,30H,9-10,12,16-17,21-24H2,1H3,(H,34,38)/t30-/m0/s1. The van der Waals surface area contributed by atoms with Gasteiger partial charge in [-0.3, -0.25) is 9.59 Å². The molecule has 1 atom stereocenters. The molecule has 1 aliphatic carbocycles. The highest BCUT2D eigenvalue weighted by molar-refractivity contribution is 7.89. The van der Waals surface area contributed by atoms with E-state index in [-0.39, 0.29) is 42.3 Å². The van der Waals surface area contributed by atoms with Crippen molar-refractivity contribution in [2.45, 2.75) is 68.5 Å². The van der Waals surface area contributed by atoms with Crippen LogP contribution in [0, 0.1) is 0 Å². The van der Waals surface area contributed by atoms with Crippen LogP contribution < -0.4 is 5.32 Å². The molecule has 0 aliphatic heterocycles. The molecule has 0 bridgehead atoms. The summed E-state index contributed by atoms with van der Waals surface area (Å²) in [5.41, 5.74) is 1.70. The van der Waals surface area contributed by atoms with Crippen LogP contribution in [0.25, 0.3) is 0 Å². The van der Waals surface area contributed by atoms with Crippen LogP contribution in [0.15, 0.2) is 89.8 Å². The number of carbonyl (C=O) groups is 2. The molecular weight excluding hydrogens is 558 g/mol. The van der Waals surface area contributed by atoms with E-state index in [4.69, 9.17) is 11.6 Å². The van der Waals surface area contributed by atoms with Gasteiger partial charge in [-0.05, 0) is 48.6 Å². The van der Waals surface area contributed by atoms with E-state index in [1.54, 1.807) is 41.3 Å². The summed E-state index contributed by atoms with van der Waals surface area (Å²) >= 11 is 6.50. The van der Waals surface area contributed by atoms with Crippen molar-refractivity contribution in [3.8, 4) is 0 Å². The summed E-state index contributed by atoms with van der Waals surface area (Å²) in [7, 11) is -2.15. The van der Waals surface area contributed by atoms with Gasteiger partial charge in [-0.2, -0.15) is 0 Å². The lowest BCUT2D eigenvalue weighted by molar-refractivity contribution is -0.141. The molecule has 3 aromatic rings. The Morgan fingerprint density at radius 3 is 2.20 bits per heavy atom. The molecule has 0 radical (unpaired) electrons. The summed E-state index contributed by atoms with van der Waals surface area (Å²) in [6.07, 6.45) is 4.78. The number of hydrogen-bond donors (Lipinski definition) is 1. The number of hydrogen-bond acceptors (Lipinski definition) is 4. The number of sulfonamides is 1. The average Bonchev–Trinajstić information content (AvgIpc) is 3.49. The van der Waals surface area contributed by atoms with Crippen molar-refractivity contribution >= 4 is 33.4 Å². The third-order valence-corrected chi connectivity index (χ3v) is 9.83. The largest absolute Gasteiger partial charge is 0.352 e. The first kappa shape index (κ1) is 30.8. The predicted molar refractivity (Wildman–Crippen MR) is 162 cm³/mol. The van der Waals surface area contributed by atoms with Crippen molar-refractivity contribution in [1.82, 2.24) is 14.5 Å². The van der Waals surface area contributed by atoms with Crippen LogP contribution in [0.2, 0.25) is 5.02 Å². The van der Waals surface area contributed by atoms with Crippen LogP contribution in [-0.4, -0.2) is 55.1 Å². The molecule has 0 aromatic heterocycles. The molecule has 0 spiro atoms. The second kappa shape index (κ2) is 14.6. The number of benzene rings is 3. The molecule has 0 unspecified atom stereocenters. The van der Waals surface area contributed by atoms with Crippen LogP contribution in [0.4, 0.5) is 0 Å². The SMILES string of the molecule is CN(CCCC(=O)N(Cc1ccccc1Cl)[C@@H](Cc1ccccc1)C(=O)NC1CCCC1)S(=O)(=O)c1ccccc1. The Morgan fingerprint density at radius 1 is 0.927 bits per heavy atom. The van der Waals surface area contributed by atoms with Gasteiger partial charge >= 0.3 is 0 Å². The highest BCUT2D eigenvalue weighted by atomic mass is 35.5. The first-order chi connectivity index (χ1) is 19.8. The fourth-order valence-corrected chi connectivity index (χ4v) is 6.65. The van der Waals surface area contributed by atoms with Crippen LogP contribution in [0.1, 0.15) is 49.7 Å². The molecule has 1 aliphatic rings. The Kier molecular flexibility index (Phi) is 11.0. The van der Waals surface area contributed by atoms with Crippen molar-refractivity contribution in [2.24, 2.45) is 0 Å². The molecule has 218 valence electrons. The van der Waals surface area contributed by atoms with Crippen molar-refractivity contribution in [2.75, 3.05) is 13.6 Å². The summed E-state index contributed by atoms with van der Waals surface area (Å²) < 4.78 is 27.2. The van der Waals surface area contributed by atoms with Crippen molar-refractivity contribution < 1.29 is 18.0 Å². The van der Waals surface area contributed by atoms with Gasteiger partial charge in [-0.1, -0.05) is 91.2 Å². The van der Waals surface area contributed by atoms with Crippen LogP contribution in [0.3, 0.4) is 0 Å². The predicted octanol–water partition coefficient (Wildman–Crippen LogP) is 5.44. The summed E-state index contributed by atoms with van der Waals surface area (Å²) in [5.74, 6) is -0.400. The number of halogens is 1. The Balaban J connectivity index is 1.55. The summed E-state index contributed by atoms with van der Waals surface area (Å²) in [6, 6.07) is 24.6. The number of nitrogens with one attached hydrogen (secondary N) is 1. The van der Waals surface area contributed by atoms with E-state index in [2.05, 4.69) is 5.32 Å². The maximum Gasteiger partial charge on any atom is 0.243 e. The molecule has 1 N–H and O–H groups in total. The molecular formula is C32H38ClN3O4S. The van der Waals surface area contributed by atoms with Crippen LogP contribution in [0.5, 0.6) is 0 Å². The summed E-state index contributed by atoms with van der Waals surface area (Å²) in [6.45, 7) is 0.340. The minimum Gasteiger partial charge on any atom is -0.352 e. The van der Waals surface area contributed by atoms with Gasteiger partial charge in [-0.25, -0.2) is 12.7 Å². The van der Waals surface area contributed by atoms with Gasteiger partial charge in [0.05, 0.1) is 4.90 Å². The van der Waals surface area contributed by atoms with E-state index in [1.807, 2.05) is 48.5 Å². The Bertz CT molecular complexity index is 1400. The maximum absolute atomic E-state index is 13.9. The van der Waals surface area contributed by atoms with Crippen molar-refractivity contribution in [3.63, 3.8) is 0 Å². The van der Waals surface area contributed by atoms with Crippen molar-refractivity contribution in [3.05, 3.63) is 101 Å². The number of nitrogens with zero attached hydrogens (tertiary/aromatic N) is 2. The van der Waals surface area contributed by atoms with Gasteiger partial charge in [0, 0.05) is 44.0 Å². The lowest BCUT2D eigenvalue weighted by Gasteiger charge is -2.33. The Morgan fingerprint density at radius 2 is 1.54 bits per heavy atom. The van der Waals surface area contributed by atoms with Gasteiger partial charge in [0.1, 0.15) is 6.04 Å². The molecule has 2 amide bonds. The fourth-order valence-electron chi connectivity index (χ4n) is 5.22. The fraction of sp³-hybridized carbons (Fsp3) is 0.375. The summed E-state index contributed by atoms with van der Waals surface area (Å²) in [4.78, 5) is 29.5. The van der Waals surface area contributed by atoms with Gasteiger partial charge in [0.25, 0.3) is 0 Å². The molecule has 41 heavy (non-hydrogen) atoms. The molecule has 3 aromatic carbocycles. The first-order valence-corrected chi connectivity index (χ1v) is 16.0. The van der Waals surface area contributed by atoms with E-state index < -0.39 is 16.1 Å². The zero-order valence-corrected chi connectivity index (χ0v) is 25.0. The summed E-state index contributed by atoms with van der Waals surface area (Å²) in [5, 5.41) is 3.72. The van der Waals surface area contributed by atoms with E-state index >= 15 is 0 Å². The topological polar surface area (TPSA) is 86.8 Å². The number of rotatable bonds is 13. The lowest BCUT2D eigenvalue weighted by atomic mass is 10.0. The zero-order valence-electron chi connectivity index (χ0n) is 23.4. The number of amides is 2.